The third-order valence-corrected chi connectivity index (χ3v) is 2.73. The van der Waals surface area contributed by atoms with Crippen LogP contribution in [0, 0.1) is 6.92 Å². The van der Waals surface area contributed by atoms with Crippen LogP contribution in [-0.2, 0) is 21.8 Å². The minimum absolute atomic E-state index is 0.00951. The van der Waals surface area contributed by atoms with Gasteiger partial charge in [-0.3, -0.25) is 4.79 Å². The number of methoxy groups -OCH3 is 1. The van der Waals surface area contributed by atoms with Crippen molar-refractivity contribution in [2.24, 2.45) is 0 Å². The van der Waals surface area contributed by atoms with Crippen molar-refractivity contribution in [2.45, 2.75) is 25.8 Å². The Kier molecular flexibility index (Phi) is 5.34. The molecule has 0 unspecified atom stereocenters. The molecule has 0 aromatic heterocycles. The van der Waals surface area contributed by atoms with Crippen LogP contribution >= 0.6 is 11.6 Å². The second kappa shape index (κ2) is 6.54. The van der Waals surface area contributed by atoms with Crippen molar-refractivity contribution in [1.82, 2.24) is 0 Å². The number of carbonyl (C=O) groups is 1. The largest absolute Gasteiger partial charge is 0.469 e. The van der Waals surface area contributed by atoms with Gasteiger partial charge in [-0.25, -0.2) is 0 Å². The van der Waals surface area contributed by atoms with Gasteiger partial charge in [0.25, 0.3) is 0 Å². The first-order valence-corrected chi connectivity index (χ1v) is 5.71. The third-order valence-electron chi connectivity index (χ3n) is 2.46. The number of carbonyl (C=O) groups excluding carboxylic acids is 1. The Labute approximate surface area is 109 Å². The van der Waals surface area contributed by atoms with Crippen molar-refractivity contribution in [2.75, 3.05) is 7.11 Å². The molecule has 0 radical (unpaired) electrons. The Morgan fingerprint density at radius 2 is 2.11 bits per heavy atom. The number of ether oxygens (including phenoxy) is 2. The van der Waals surface area contributed by atoms with Gasteiger partial charge in [-0.2, -0.15) is 8.78 Å². The van der Waals surface area contributed by atoms with Crippen LogP contribution in [0.5, 0.6) is 5.75 Å². The molecule has 0 bridgehead atoms. The molecule has 1 rings (SSSR count). The predicted molar refractivity (Wildman–Crippen MR) is 63.1 cm³/mol. The third kappa shape index (κ3) is 3.84. The summed E-state index contributed by atoms with van der Waals surface area (Å²) in [5.41, 5.74) is 1.96. The molecule has 18 heavy (non-hydrogen) atoms. The highest BCUT2D eigenvalue weighted by Gasteiger charge is 2.14. The van der Waals surface area contributed by atoms with Gasteiger partial charge in [-0.05, 0) is 35.7 Å². The van der Waals surface area contributed by atoms with Gasteiger partial charge in [0.15, 0.2) is 0 Å². The number of esters is 1. The highest BCUT2D eigenvalue weighted by atomic mass is 35.5. The van der Waals surface area contributed by atoms with Crippen LogP contribution in [0.2, 0.25) is 0 Å². The molecule has 0 heterocycles. The maximum atomic E-state index is 12.2. The lowest BCUT2D eigenvalue weighted by Gasteiger charge is -2.13. The minimum atomic E-state index is -2.91. The Bertz CT molecular complexity index is 436. The second-order valence-electron chi connectivity index (χ2n) is 3.64. The van der Waals surface area contributed by atoms with E-state index in [0.717, 1.165) is 5.56 Å². The molecule has 3 nitrogen and oxygen atoms in total. The molecule has 0 amide bonds. The van der Waals surface area contributed by atoms with E-state index in [1.807, 2.05) is 0 Å². The second-order valence-corrected chi connectivity index (χ2v) is 3.91. The van der Waals surface area contributed by atoms with Crippen molar-refractivity contribution >= 4 is 17.6 Å². The molecule has 1 aromatic carbocycles. The quantitative estimate of drug-likeness (QED) is 0.613. The summed E-state index contributed by atoms with van der Waals surface area (Å²) in [7, 11) is 1.26. The Morgan fingerprint density at radius 1 is 1.44 bits per heavy atom. The molecule has 0 aliphatic carbocycles. The average molecular weight is 279 g/mol. The Morgan fingerprint density at radius 3 is 2.61 bits per heavy atom. The number of rotatable bonds is 5. The molecular formula is C12H13ClF2O3. The van der Waals surface area contributed by atoms with E-state index in [0.29, 0.717) is 11.1 Å². The van der Waals surface area contributed by atoms with Crippen LogP contribution in [0.25, 0.3) is 0 Å². The molecule has 100 valence electrons. The van der Waals surface area contributed by atoms with Crippen LogP contribution in [0.3, 0.4) is 0 Å². The SMILES string of the molecule is COC(=O)Cc1cc(OC(F)F)cc(C)c1CCl. The first-order chi connectivity index (χ1) is 8.47. The molecule has 0 atom stereocenters. The first-order valence-electron chi connectivity index (χ1n) is 5.18. The average Bonchev–Trinajstić information content (AvgIpc) is 2.27. The molecule has 0 aliphatic heterocycles. The van der Waals surface area contributed by atoms with Gasteiger partial charge in [-0.1, -0.05) is 0 Å². The summed E-state index contributed by atoms with van der Waals surface area (Å²) in [6.45, 7) is -1.19. The van der Waals surface area contributed by atoms with Crippen LogP contribution in [0.1, 0.15) is 16.7 Å². The fraction of sp³-hybridized carbons (Fsp3) is 0.417. The maximum Gasteiger partial charge on any atom is 0.387 e. The van der Waals surface area contributed by atoms with Crippen LogP contribution < -0.4 is 4.74 Å². The van der Waals surface area contributed by atoms with E-state index >= 15 is 0 Å². The highest BCUT2D eigenvalue weighted by Crippen LogP contribution is 2.25. The molecule has 6 heteroatoms. The van der Waals surface area contributed by atoms with Crippen LogP contribution in [0.4, 0.5) is 8.78 Å². The van der Waals surface area contributed by atoms with Crippen LogP contribution in [0.15, 0.2) is 12.1 Å². The molecule has 0 aliphatic rings. The van der Waals surface area contributed by atoms with Gasteiger partial charge in [0.05, 0.1) is 13.5 Å². The molecule has 0 saturated heterocycles. The molecule has 0 spiro atoms. The summed E-state index contributed by atoms with van der Waals surface area (Å²) in [5.74, 6) is -0.266. The Hall–Kier alpha value is -1.36. The zero-order valence-electron chi connectivity index (χ0n) is 10.0. The van der Waals surface area contributed by atoms with E-state index in [9.17, 15) is 13.6 Å². The molecule has 0 fully saturated rings. The van der Waals surface area contributed by atoms with Gasteiger partial charge < -0.3 is 9.47 Å². The highest BCUT2D eigenvalue weighted by molar-refractivity contribution is 6.17. The fourth-order valence-electron chi connectivity index (χ4n) is 1.60. The lowest BCUT2D eigenvalue weighted by atomic mass is 10.0. The van der Waals surface area contributed by atoms with Crippen molar-refractivity contribution in [3.63, 3.8) is 0 Å². The van der Waals surface area contributed by atoms with Crippen LogP contribution in [-0.4, -0.2) is 19.7 Å². The number of halogens is 3. The van der Waals surface area contributed by atoms with Gasteiger partial charge in [0.2, 0.25) is 0 Å². The van der Waals surface area contributed by atoms with E-state index in [2.05, 4.69) is 9.47 Å². The molecule has 0 saturated carbocycles. The van der Waals surface area contributed by atoms with Crippen molar-refractivity contribution < 1.29 is 23.0 Å². The number of benzene rings is 1. The van der Waals surface area contributed by atoms with Crippen molar-refractivity contribution in [3.8, 4) is 5.75 Å². The molecule has 1 aromatic rings. The molecular weight excluding hydrogens is 266 g/mol. The summed E-state index contributed by atoms with van der Waals surface area (Å²) in [6.07, 6.45) is -0.0279. The van der Waals surface area contributed by atoms with Crippen molar-refractivity contribution in [1.29, 1.82) is 0 Å². The lowest BCUT2D eigenvalue weighted by Crippen LogP contribution is -2.09. The Balaban J connectivity index is 3.10. The first kappa shape index (κ1) is 14.7. The summed E-state index contributed by atoms with van der Waals surface area (Å²) >= 11 is 5.78. The molecule has 0 N–H and O–H groups in total. The zero-order chi connectivity index (χ0) is 13.7. The van der Waals surface area contributed by atoms with E-state index in [1.165, 1.54) is 19.2 Å². The summed E-state index contributed by atoms with van der Waals surface area (Å²) in [4.78, 5) is 11.2. The van der Waals surface area contributed by atoms with E-state index in [1.54, 1.807) is 6.92 Å². The van der Waals surface area contributed by atoms with Crippen molar-refractivity contribution in [3.05, 3.63) is 28.8 Å². The number of alkyl halides is 3. The van der Waals surface area contributed by atoms with E-state index in [4.69, 9.17) is 11.6 Å². The van der Waals surface area contributed by atoms with E-state index < -0.39 is 12.6 Å². The zero-order valence-corrected chi connectivity index (χ0v) is 10.8. The summed E-state index contributed by atoms with van der Waals surface area (Å²) < 4.78 is 33.2. The summed E-state index contributed by atoms with van der Waals surface area (Å²) in [5, 5.41) is 0. The van der Waals surface area contributed by atoms with Gasteiger partial charge in [0.1, 0.15) is 5.75 Å². The van der Waals surface area contributed by atoms with Gasteiger partial charge in [0, 0.05) is 5.88 Å². The topological polar surface area (TPSA) is 35.5 Å². The minimum Gasteiger partial charge on any atom is -0.469 e. The van der Waals surface area contributed by atoms with Gasteiger partial charge in [-0.15, -0.1) is 11.6 Å². The fourth-order valence-corrected chi connectivity index (χ4v) is 1.98. The van der Waals surface area contributed by atoms with E-state index in [-0.39, 0.29) is 18.1 Å². The lowest BCUT2D eigenvalue weighted by molar-refractivity contribution is -0.139. The number of hydrogen-bond acceptors (Lipinski definition) is 3. The standard InChI is InChI=1S/C12H13ClF2O3/c1-7-3-9(18-12(14)15)4-8(10(7)6-13)5-11(16)17-2/h3-4,12H,5-6H2,1-2H3. The van der Waals surface area contributed by atoms with Gasteiger partial charge >= 0.3 is 12.6 Å². The summed E-state index contributed by atoms with van der Waals surface area (Å²) in [6, 6.07) is 2.85. The predicted octanol–water partition coefficient (Wildman–Crippen LogP) is 3.05. The smallest absolute Gasteiger partial charge is 0.387 e. The normalized spacial score (nSPS) is 10.6. The number of aryl methyl sites for hydroxylation is 1. The number of hydrogen-bond donors (Lipinski definition) is 0. The maximum absolute atomic E-state index is 12.2. The monoisotopic (exact) mass is 278 g/mol.